The maximum Gasteiger partial charge on any atom is 0.227 e. The minimum atomic E-state index is 0.0826. The minimum absolute atomic E-state index is 0.0826. The van der Waals surface area contributed by atoms with Crippen LogP contribution < -0.4 is 0 Å². The molecule has 2 atom stereocenters. The largest absolute Gasteiger partial charge is 0.445 e. The first-order valence-corrected chi connectivity index (χ1v) is 7.63. The van der Waals surface area contributed by atoms with Gasteiger partial charge in [-0.1, -0.05) is 6.92 Å². The molecular formula is C15H23N3O3. The van der Waals surface area contributed by atoms with Crippen LogP contribution in [0.25, 0.3) is 0 Å². The molecule has 2 fully saturated rings. The second-order valence-electron chi connectivity index (χ2n) is 6.08. The Morgan fingerprint density at radius 1 is 1.38 bits per heavy atom. The summed E-state index contributed by atoms with van der Waals surface area (Å²) in [5, 5.41) is 0. The van der Waals surface area contributed by atoms with Gasteiger partial charge in [-0.2, -0.15) is 0 Å². The smallest absolute Gasteiger partial charge is 0.227 e. The highest BCUT2D eigenvalue weighted by Crippen LogP contribution is 2.26. The molecule has 1 amide bonds. The Balaban J connectivity index is 1.58. The Labute approximate surface area is 125 Å². The molecule has 3 heterocycles. The number of rotatable bonds is 3. The summed E-state index contributed by atoms with van der Waals surface area (Å²) in [4.78, 5) is 21.1. The van der Waals surface area contributed by atoms with Crippen molar-refractivity contribution >= 4 is 5.91 Å². The number of likely N-dealkylation sites (tertiary alicyclic amines) is 1. The second kappa shape index (κ2) is 6.15. The maximum absolute atomic E-state index is 12.6. The molecule has 1 aromatic heterocycles. The number of carbonyl (C=O) groups excluding carboxylic acids is 1. The van der Waals surface area contributed by atoms with E-state index in [1.54, 1.807) is 6.20 Å². The van der Waals surface area contributed by atoms with E-state index in [2.05, 4.69) is 16.8 Å². The third-order valence-electron chi connectivity index (χ3n) is 4.36. The summed E-state index contributed by atoms with van der Waals surface area (Å²) in [7, 11) is 0. The molecule has 0 aromatic carbocycles. The highest BCUT2D eigenvalue weighted by atomic mass is 16.5. The van der Waals surface area contributed by atoms with Gasteiger partial charge in [0.05, 0.1) is 31.9 Å². The lowest BCUT2D eigenvalue weighted by atomic mass is 9.96. The average molecular weight is 293 g/mol. The van der Waals surface area contributed by atoms with E-state index in [9.17, 15) is 4.79 Å². The summed E-state index contributed by atoms with van der Waals surface area (Å²) in [5.41, 5.74) is 0. The lowest BCUT2D eigenvalue weighted by molar-refractivity contribution is -0.140. The predicted octanol–water partition coefficient (Wildman–Crippen LogP) is 0.910. The van der Waals surface area contributed by atoms with Crippen molar-refractivity contribution in [1.82, 2.24) is 14.8 Å². The average Bonchev–Trinajstić information content (AvgIpc) is 3.05. The number of hydrogen-bond acceptors (Lipinski definition) is 5. The SMILES string of the molecule is Cc1cnc(CN2C[C@@H](C)[C@H](C(=O)N3CCOCC3)C2)o1. The fourth-order valence-electron chi connectivity index (χ4n) is 3.20. The van der Waals surface area contributed by atoms with Gasteiger partial charge in [0.1, 0.15) is 5.76 Å². The summed E-state index contributed by atoms with van der Waals surface area (Å²) in [6, 6.07) is 0. The Morgan fingerprint density at radius 3 is 2.81 bits per heavy atom. The van der Waals surface area contributed by atoms with Gasteiger partial charge in [-0.15, -0.1) is 0 Å². The Hall–Kier alpha value is -1.40. The molecule has 0 radical (unpaired) electrons. The number of morpholine rings is 1. The Bertz CT molecular complexity index is 496. The van der Waals surface area contributed by atoms with E-state index in [1.807, 2.05) is 11.8 Å². The van der Waals surface area contributed by atoms with Gasteiger partial charge in [-0.25, -0.2) is 4.98 Å². The summed E-state index contributed by atoms with van der Waals surface area (Å²) in [6.45, 7) is 9.21. The number of amides is 1. The van der Waals surface area contributed by atoms with Crippen molar-refractivity contribution in [2.75, 3.05) is 39.4 Å². The summed E-state index contributed by atoms with van der Waals surface area (Å²) >= 11 is 0. The molecule has 3 rings (SSSR count). The number of oxazole rings is 1. The van der Waals surface area contributed by atoms with Crippen LogP contribution in [0, 0.1) is 18.8 Å². The Kier molecular flexibility index (Phi) is 4.26. The van der Waals surface area contributed by atoms with Gasteiger partial charge < -0.3 is 14.1 Å². The summed E-state index contributed by atoms with van der Waals surface area (Å²) in [5.74, 6) is 2.30. The monoisotopic (exact) mass is 293 g/mol. The quantitative estimate of drug-likeness (QED) is 0.829. The first kappa shape index (κ1) is 14.5. The van der Waals surface area contributed by atoms with Crippen molar-refractivity contribution in [1.29, 1.82) is 0 Å². The molecule has 116 valence electrons. The molecular weight excluding hydrogens is 270 g/mol. The van der Waals surface area contributed by atoms with Crippen LogP contribution in [0.15, 0.2) is 10.6 Å². The van der Waals surface area contributed by atoms with Gasteiger partial charge in [0.25, 0.3) is 0 Å². The van der Waals surface area contributed by atoms with E-state index in [1.165, 1.54) is 0 Å². The van der Waals surface area contributed by atoms with Crippen LogP contribution in [-0.2, 0) is 16.1 Å². The first-order chi connectivity index (χ1) is 10.1. The van der Waals surface area contributed by atoms with Crippen molar-refractivity contribution in [3.05, 3.63) is 17.8 Å². The maximum atomic E-state index is 12.6. The fraction of sp³-hybridized carbons (Fsp3) is 0.733. The summed E-state index contributed by atoms with van der Waals surface area (Å²) < 4.78 is 10.8. The highest BCUT2D eigenvalue weighted by Gasteiger charge is 2.37. The zero-order chi connectivity index (χ0) is 14.8. The molecule has 0 aliphatic carbocycles. The summed E-state index contributed by atoms with van der Waals surface area (Å²) in [6.07, 6.45) is 1.74. The molecule has 0 N–H and O–H groups in total. The molecule has 6 heteroatoms. The molecule has 0 saturated carbocycles. The van der Waals surface area contributed by atoms with E-state index < -0.39 is 0 Å². The zero-order valence-electron chi connectivity index (χ0n) is 12.7. The number of hydrogen-bond donors (Lipinski definition) is 0. The highest BCUT2D eigenvalue weighted by molar-refractivity contribution is 5.79. The number of ether oxygens (including phenoxy) is 1. The number of aromatic nitrogens is 1. The Morgan fingerprint density at radius 2 is 2.14 bits per heavy atom. The molecule has 2 aliphatic heterocycles. The van der Waals surface area contributed by atoms with E-state index >= 15 is 0 Å². The van der Waals surface area contributed by atoms with Crippen LogP contribution in [0.3, 0.4) is 0 Å². The van der Waals surface area contributed by atoms with Crippen LogP contribution in [0.5, 0.6) is 0 Å². The molecule has 0 unspecified atom stereocenters. The molecule has 2 aliphatic rings. The van der Waals surface area contributed by atoms with Gasteiger partial charge in [-0.3, -0.25) is 9.69 Å². The first-order valence-electron chi connectivity index (χ1n) is 7.63. The van der Waals surface area contributed by atoms with E-state index in [0.29, 0.717) is 25.7 Å². The molecule has 0 bridgehead atoms. The van der Waals surface area contributed by atoms with Gasteiger partial charge in [0, 0.05) is 26.2 Å². The number of carbonyl (C=O) groups is 1. The molecule has 1 aromatic rings. The van der Waals surface area contributed by atoms with Crippen LogP contribution in [0.4, 0.5) is 0 Å². The van der Waals surface area contributed by atoms with Crippen LogP contribution in [0.1, 0.15) is 18.6 Å². The lowest BCUT2D eigenvalue weighted by Crippen LogP contribution is -2.45. The zero-order valence-corrected chi connectivity index (χ0v) is 12.7. The molecule has 21 heavy (non-hydrogen) atoms. The predicted molar refractivity (Wildman–Crippen MR) is 76.6 cm³/mol. The van der Waals surface area contributed by atoms with Crippen molar-refractivity contribution in [3.63, 3.8) is 0 Å². The van der Waals surface area contributed by atoms with Crippen molar-refractivity contribution in [2.45, 2.75) is 20.4 Å². The van der Waals surface area contributed by atoms with Gasteiger partial charge >= 0.3 is 0 Å². The van der Waals surface area contributed by atoms with E-state index in [0.717, 1.165) is 37.8 Å². The molecule has 2 saturated heterocycles. The second-order valence-corrected chi connectivity index (χ2v) is 6.08. The topological polar surface area (TPSA) is 58.8 Å². The number of nitrogens with zero attached hydrogens (tertiary/aromatic N) is 3. The van der Waals surface area contributed by atoms with Crippen molar-refractivity contribution < 1.29 is 13.9 Å². The van der Waals surface area contributed by atoms with Crippen molar-refractivity contribution in [2.24, 2.45) is 11.8 Å². The van der Waals surface area contributed by atoms with Gasteiger partial charge in [0.15, 0.2) is 0 Å². The number of aryl methyl sites for hydroxylation is 1. The van der Waals surface area contributed by atoms with Crippen LogP contribution >= 0.6 is 0 Å². The third-order valence-corrected chi connectivity index (χ3v) is 4.36. The minimum Gasteiger partial charge on any atom is -0.445 e. The normalized spacial score (nSPS) is 27.2. The van der Waals surface area contributed by atoms with Crippen LogP contribution in [-0.4, -0.2) is 60.1 Å². The van der Waals surface area contributed by atoms with Gasteiger partial charge in [0.2, 0.25) is 11.8 Å². The third kappa shape index (κ3) is 3.27. The molecule has 0 spiro atoms. The molecule has 6 nitrogen and oxygen atoms in total. The van der Waals surface area contributed by atoms with Crippen LogP contribution in [0.2, 0.25) is 0 Å². The lowest BCUT2D eigenvalue weighted by Gasteiger charge is -2.30. The fourth-order valence-corrected chi connectivity index (χ4v) is 3.20. The standard InChI is InChI=1S/C15H23N3O3/c1-11-8-17(10-14-16-7-12(2)21-14)9-13(11)15(19)18-3-5-20-6-4-18/h7,11,13H,3-6,8-10H2,1-2H3/t11-,13-/m1/s1. The van der Waals surface area contributed by atoms with E-state index in [-0.39, 0.29) is 11.8 Å². The van der Waals surface area contributed by atoms with Gasteiger partial charge in [-0.05, 0) is 12.8 Å². The van der Waals surface area contributed by atoms with Crippen molar-refractivity contribution in [3.8, 4) is 0 Å². The van der Waals surface area contributed by atoms with E-state index in [4.69, 9.17) is 9.15 Å².